The van der Waals surface area contributed by atoms with Gasteiger partial charge in [-0.3, -0.25) is 14.9 Å². The van der Waals surface area contributed by atoms with Crippen molar-refractivity contribution in [3.63, 3.8) is 0 Å². The Morgan fingerprint density at radius 2 is 1.77 bits per heavy atom. The van der Waals surface area contributed by atoms with Crippen molar-refractivity contribution in [2.24, 2.45) is 0 Å². The van der Waals surface area contributed by atoms with E-state index in [4.69, 9.17) is 0 Å². The summed E-state index contributed by atoms with van der Waals surface area (Å²) in [6.45, 7) is 0.273. The molecule has 0 bridgehead atoms. The summed E-state index contributed by atoms with van der Waals surface area (Å²) in [5.41, 5.74) is 0.293. The Bertz CT molecular complexity index is 913. The molecule has 1 aliphatic rings. The zero-order chi connectivity index (χ0) is 18.7. The molecule has 2 aromatic rings. The van der Waals surface area contributed by atoms with E-state index >= 15 is 0 Å². The van der Waals surface area contributed by atoms with Crippen molar-refractivity contribution in [2.75, 3.05) is 11.9 Å². The van der Waals surface area contributed by atoms with E-state index in [1.807, 2.05) is 0 Å². The fourth-order valence-electron chi connectivity index (χ4n) is 2.91. The Kier molecular flexibility index (Phi) is 5.01. The molecule has 1 heterocycles. The van der Waals surface area contributed by atoms with Gasteiger partial charge in [0, 0.05) is 24.4 Å². The number of nitro benzene ring substituents is 1. The summed E-state index contributed by atoms with van der Waals surface area (Å²) in [6.07, 6.45) is 1.01. The minimum atomic E-state index is -3.76. The average Bonchev–Trinajstić information content (AvgIpc) is 3.14. The number of nitrogens with zero attached hydrogens (tertiary/aromatic N) is 2. The van der Waals surface area contributed by atoms with Crippen LogP contribution >= 0.6 is 0 Å². The second-order valence-corrected chi connectivity index (χ2v) is 7.77. The highest BCUT2D eigenvalue weighted by atomic mass is 32.2. The van der Waals surface area contributed by atoms with Crippen LogP contribution in [0.2, 0.25) is 0 Å². The normalized spacial score (nSPS) is 17.8. The number of carbonyl (C=O) groups is 1. The van der Waals surface area contributed by atoms with Crippen LogP contribution in [0, 0.1) is 10.1 Å². The molecule has 0 radical (unpaired) electrons. The van der Waals surface area contributed by atoms with Crippen molar-refractivity contribution in [3.05, 3.63) is 64.7 Å². The lowest BCUT2D eigenvalue weighted by molar-refractivity contribution is -0.384. The van der Waals surface area contributed by atoms with Crippen molar-refractivity contribution in [3.8, 4) is 0 Å². The summed E-state index contributed by atoms with van der Waals surface area (Å²) >= 11 is 0. The maximum Gasteiger partial charge on any atom is 0.269 e. The molecular weight excluding hydrogens is 358 g/mol. The van der Waals surface area contributed by atoms with Gasteiger partial charge in [-0.1, -0.05) is 18.2 Å². The number of nitrogens with one attached hydrogen (secondary N) is 1. The van der Waals surface area contributed by atoms with Crippen molar-refractivity contribution in [1.82, 2.24) is 4.31 Å². The molecule has 1 saturated heterocycles. The SMILES string of the molecule is O=C(Nc1ccc([N+](=O)[O-])cc1)C1CCCN1S(=O)(=O)c1ccccc1. The van der Waals surface area contributed by atoms with Crippen molar-refractivity contribution in [1.29, 1.82) is 0 Å². The van der Waals surface area contributed by atoms with E-state index in [-0.39, 0.29) is 17.1 Å². The third-order valence-electron chi connectivity index (χ3n) is 4.20. The van der Waals surface area contributed by atoms with Gasteiger partial charge in [0.05, 0.1) is 9.82 Å². The number of anilines is 1. The molecule has 1 N–H and O–H groups in total. The zero-order valence-electron chi connectivity index (χ0n) is 13.7. The molecule has 1 aliphatic heterocycles. The third kappa shape index (κ3) is 3.58. The summed E-state index contributed by atoms with van der Waals surface area (Å²) in [6, 6.07) is 12.6. The molecular formula is C17H17N3O5S. The summed E-state index contributed by atoms with van der Waals surface area (Å²) in [5, 5.41) is 13.3. The Morgan fingerprint density at radius 3 is 2.38 bits per heavy atom. The topological polar surface area (TPSA) is 110 Å². The highest BCUT2D eigenvalue weighted by Crippen LogP contribution is 2.27. The molecule has 1 unspecified atom stereocenters. The third-order valence-corrected chi connectivity index (χ3v) is 6.12. The summed E-state index contributed by atoms with van der Waals surface area (Å²) in [4.78, 5) is 22.9. The summed E-state index contributed by atoms with van der Waals surface area (Å²) < 4.78 is 26.8. The standard InChI is InChI=1S/C17H17N3O5S/c21-17(18-13-8-10-14(11-9-13)20(22)23)16-7-4-12-19(16)26(24,25)15-5-2-1-3-6-15/h1-3,5-6,8-11,16H,4,7,12H2,(H,18,21). The summed E-state index contributed by atoms with van der Waals surface area (Å²) in [5.74, 6) is -0.448. The van der Waals surface area contributed by atoms with Crippen LogP contribution in [0.4, 0.5) is 11.4 Å². The van der Waals surface area contributed by atoms with E-state index < -0.39 is 26.9 Å². The monoisotopic (exact) mass is 375 g/mol. The second kappa shape index (κ2) is 7.22. The van der Waals surface area contributed by atoms with E-state index in [0.717, 1.165) is 0 Å². The lowest BCUT2D eigenvalue weighted by Gasteiger charge is -2.23. The molecule has 0 saturated carbocycles. The maximum absolute atomic E-state index is 12.8. The molecule has 3 rings (SSSR count). The number of carbonyl (C=O) groups excluding carboxylic acids is 1. The average molecular weight is 375 g/mol. The quantitative estimate of drug-likeness (QED) is 0.637. The van der Waals surface area contributed by atoms with Gasteiger partial charge < -0.3 is 5.32 Å². The molecule has 1 atom stereocenters. The van der Waals surface area contributed by atoms with Crippen molar-refractivity contribution < 1.29 is 18.1 Å². The molecule has 1 fully saturated rings. The Labute approximate surface area is 150 Å². The lowest BCUT2D eigenvalue weighted by atomic mass is 10.2. The first-order valence-corrected chi connectivity index (χ1v) is 9.46. The molecule has 26 heavy (non-hydrogen) atoms. The fraction of sp³-hybridized carbons (Fsp3) is 0.235. The van der Waals surface area contributed by atoms with Gasteiger partial charge in [-0.2, -0.15) is 4.31 Å². The van der Waals surface area contributed by atoms with Crippen LogP contribution in [0.5, 0.6) is 0 Å². The number of benzene rings is 2. The van der Waals surface area contributed by atoms with Crippen LogP contribution in [0.15, 0.2) is 59.5 Å². The Hall–Kier alpha value is -2.78. The first-order chi connectivity index (χ1) is 12.4. The van der Waals surface area contributed by atoms with Crippen LogP contribution in [-0.2, 0) is 14.8 Å². The number of sulfonamides is 1. The largest absolute Gasteiger partial charge is 0.325 e. The molecule has 0 spiro atoms. The first kappa shape index (κ1) is 18.0. The highest BCUT2D eigenvalue weighted by molar-refractivity contribution is 7.89. The number of non-ortho nitro benzene ring substituents is 1. The number of amides is 1. The molecule has 2 aromatic carbocycles. The highest BCUT2D eigenvalue weighted by Gasteiger charge is 2.39. The summed E-state index contributed by atoms with van der Waals surface area (Å²) in [7, 11) is -3.76. The number of rotatable bonds is 5. The van der Waals surface area contributed by atoms with E-state index in [9.17, 15) is 23.3 Å². The minimum Gasteiger partial charge on any atom is -0.325 e. The van der Waals surface area contributed by atoms with Gasteiger partial charge in [-0.15, -0.1) is 0 Å². The maximum atomic E-state index is 12.8. The van der Waals surface area contributed by atoms with Gasteiger partial charge in [0.1, 0.15) is 6.04 Å². The molecule has 0 aliphatic carbocycles. The van der Waals surface area contributed by atoms with Gasteiger partial charge in [0.25, 0.3) is 5.69 Å². The van der Waals surface area contributed by atoms with Gasteiger partial charge >= 0.3 is 0 Å². The van der Waals surface area contributed by atoms with E-state index in [0.29, 0.717) is 18.5 Å². The van der Waals surface area contributed by atoms with Gasteiger partial charge in [-0.05, 0) is 37.1 Å². The smallest absolute Gasteiger partial charge is 0.269 e. The van der Waals surface area contributed by atoms with E-state index in [1.165, 1.54) is 40.7 Å². The Morgan fingerprint density at radius 1 is 1.12 bits per heavy atom. The minimum absolute atomic E-state index is 0.0860. The van der Waals surface area contributed by atoms with Crippen LogP contribution in [-0.4, -0.2) is 36.1 Å². The molecule has 0 aromatic heterocycles. The van der Waals surface area contributed by atoms with Gasteiger partial charge in [0.2, 0.25) is 15.9 Å². The number of hydrogen-bond donors (Lipinski definition) is 1. The Balaban J connectivity index is 1.77. The van der Waals surface area contributed by atoms with Crippen molar-refractivity contribution in [2.45, 2.75) is 23.8 Å². The zero-order valence-corrected chi connectivity index (χ0v) is 14.6. The molecule has 9 heteroatoms. The van der Waals surface area contributed by atoms with Crippen LogP contribution in [0.25, 0.3) is 0 Å². The van der Waals surface area contributed by atoms with Crippen LogP contribution in [0.3, 0.4) is 0 Å². The predicted molar refractivity (Wildman–Crippen MR) is 95.1 cm³/mol. The van der Waals surface area contributed by atoms with Gasteiger partial charge in [-0.25, -0.2) is 8.42 Å². The van der Waals surface area contributed by atoms with Crippen LogP contribution < -0.4 is 5.32 Å². The number of nitro groups is 1. The predicted octanol–water partition coefficient (Wildman–Crippen LogP) is 2.39. The first-order valence-electron chi connectivity index (χ1n) is 8.02. The van der Waals surface area contributed by atoms with E-state index in [2.05, 4.69) is 5.32 Å². The molecule has 8 nitrogen and oxygen atoms in total. The van der Waals surface area contributed by atoms with Crippen molar-refractivity contribution >= 4 is 27.3 Å². The fourth-order valence-corrected chi connectivity index (χ4v) is 4.59. The van der Waals surface area contributed by atoms with Crippen LogP contribution in [0.1, 0.15) is 12.8 Å². The lowest BCUT2D eigenvalue weighted by Crippen LogP contribution is -2.43. The van der Waals surface area contributed by atoms with Gasteiger partial charge in [0.15, 0.2) is 0 Å². The number of hydrogen-bond acceptors (Lipinski definition) is 5. The second-order valence-electron chi connectivity index (χ2n) is 5.88. The van der Waals surface area contributed by atoms with E-state index in [1.54, 1.807) is 18.2 Å². The molecule has 136 valence electrons. The molecule has 1 amide bonds.